The Morgan fingerprint density at radius 1 is 1.50 bits per heavy atom. The third-order valence-corrected chi connectivity index (χ3v) is 2.63. The van der Waals surface area contributed by atoms with Gasteiger partial charge in [0.15, 0.2) is 0 Å². The van der Waals surface area contributed by atoms with Gasteiger partial charge in [-0.15, -0.1) is 0 Å². The molecule has 18 heavy (non-hydrogen) atoms. The average molecular weight is 246 g/mol. The number of hydrogen-bond acceptors (Lipinski definition) is 4. The highest BCUT2D eigenvalue weighted by atomic mass is 16.4. The van der Waals surface area contributed by atoms with E-state index in [1.54, 1.807) is 18.4 Å². The molecule has 2 aromatic heterocycles. The van der Waals surface area contributed by atoms with Crippen molar-refractivity contribution in [2.45, 2.75) is 19.5 Å². The van der Waals surface area contributed by atoms with Crippen LogP contribution in [0.5, 0.6) is 0 Å². The minimum atomic E-state index is -0.967. The zero-order valence-corrected chi connectivity index (χ0v) is 9.96. The minimum Gasteiger partial charge on any atom is -0.478 e. The molecule has 2 aromatic rings. The summed E-state index contributed by atoms with van der Waals surface area (Å²) in [5.74, 6) is -0.108. The SMILES string of the molecule is C[C@@H](NCc1ccc(C(=O)O)cn1)c1ccco1. The smallest absolute Gasteiger partial charge is 0.337 e. The molecule has 2 heterocycles. The summed E-state index contributed by atoms with van der Waals surface area (Å²) in [5, 5.41) is 12.0. The second-order valence-corrected chi connectivity index (χ2v) is 3.96. The van der Waals surface area contributed by atoms with Crippen molar-refractivity contribution in [1.82, 2.24) is 10.3 Å². The lowest BCUT2D eigenvalue weighted by Gasteiger charge is -2.10. The van der Waals surface area contributed by atoms with Crippen LogP contribution in [-0.4, -0.2) is 16.1 Å². The summed E-state index contributed by atoms with van der Waals surface area (Å²) >= 11 is 0. The highest BCUT2D eigenvalue weighted by molar-refractivity contribution is 5.87. The molecule has 0 radical (unpaired) electrons. The molecule has 1 atom stereocenters. The molecule has 0 fully saturated rings. The third-order valence-electron chi connectivity index (χ3n) is 2.63. The van der Waals surface area contributed by atoms with Gasteiger partial charge in [-0.05, 0) is 31.2 Å². The normalized spacial score (nSPS) is 12.3. The molecular formula is C13H14N2O3. The van der Waals surface area contributed by atoms with Crippen LogP contribution in [0.3, 0.4) is 0 Å². The predicted molar refractivity (Wildman–Crippen MR) is 65.2 cm³/mol. The average Bonchev–Trinajstić information content (AvgIpc) is 2.90. The zero-order chi connectivity index (χ0) is 13.0. The lowest BCUT2D eigenvalue weighted by molar-refractivity contribution is 0.0696. The summed E-state index contributed by atoms with van der Waals surface area (Å²) in [7, 11) is 0. The molecule has 5 nitrogen and oxygen atoms in total. The number of carboxylic acid groups (broad SMARTS) is 1. The van der Waals surface area contributed by atoms with Crippen LogP contribution in [0.15, 0.2) is 41.1 Å². The van der Waals surface area contributed by atoms with E-state index in [1.165, 1.54) is 6.20 Å². The van der Waals surface area contributed by atoms with Gasteiger partial charge in [0, 0.05) is 12.7 Å². The Bertz CT molecular complexity index is 506. The number of aromatic carboxylic acids is 1. The number of furan rings is 1. The summed E-state index contributed by atoms with van der Waals surface area (Å²) in [5.41, 5.74) is 0.983. The summed E-state index contributed by atoms with van der Waals surface area (Å²) in [6, 6.07) is 7.07. The third kappa shape index (κ3) is 2.95. The molecule has 0 saturated heterocycles. The number of pyridine rings is 1. The maximum atomic E-state index is 10.7. The van der Waals surface area contributed by atoms with Crippen LogP contribution in [0.4, 0.5) is 0 Å². The Morgan fingerprint density at radius 2 is 2.33 bits per heavy atom. The molecule has 5 heteroatoms. The largest absolute Gasteiger partial charge is 0.478 e. The number of nitrogens with one attached hydrogen (secondary N) is 1. The molecular weight excluding hydrogens is 232 g/mol. The molecule has 0 unspecified atom stereocenters. The van der Waals surface area contributed by atoms with Gasteiger partial charge < -0.3 is 14.8 Å². The van der Waals surface area contributed by atoms with Gasteiger partial charge in [-0.25, -0.2) is 4.79 Å². The predicted octanol–water partition coefficient (Wildman–Crippen LogP) is 2.22. The molecule has 0 bridgehead atoms. The van der Waals surface area contributed by atoms with E-state index in [0.29, 0.717) is 6.54 Å². The van der Waals surface area contributed by atoms with Gasteiger partial charge in [0.1, 0.15) is 5.76 Å². The van der Waals surface area contributed by atoms with E-state index >= 15 is 0 Å². The maximum Gasteiger partial charge on any atom is 0.337 e. The lowest BCUT2D eigenvalue weighted by atomic mass is 10.2. The van der Waals surface area contributed by atoms with Crippen molar-refractivity contribution < 1.29 is 14.3 Å². The van der Waals surface area contributed by atoms with E-state index in [-0.39, 0.29) is 11.6 Å². The van der Waals surface area contributed by atoms with E-state index in [4.69, 9.17) is 9.52 Å². The van der Waals surface area contributed by atoms with Crippen molar-refractivity contribution in [3.8, 4) is 0 Å². The molecule has 2 rings (SSSR count). The van der Waals surface area contributed by atoms with Crippen molar-refractivity contribution >= 4 is 5.97 Å². The van der Waals surface area contributed by atoms with Crippen molar-refractivity contribution in [3.63, 3.8) is 0 Å². The Morgan fingerprint density at radius 3 is 2.89 bits per heavy atom. The fourth-order valence-electron chi connectivity index (χ4n) is 1.55. The first-order valence-corrected chi connectivity index (χ1v) is 5.62. The van der Waals surface area contributed by atoms with Crippen molar-refractivity contribution in [2.24, 2.45) is 0 Å². The Hall–Kier alpha value is -2.14. The van der Waals surface area contributed by atoms with Crippen LogP contribution in [-0.2, 0) is 6.54 Å². The van der Waals surface area contributed by atoms with E-state index in [1.807, 2.05) is 19.1 Å². The molecule has 0 spiro atoms. The molecule has 94 valence electrons. The number of carboxylic acids is 1. The molecule has 0 amide bonds. The van der Waals surface area contributed by atoms with E-state index in [0.717, 1.165) is 11.5 Å². The van der Waals surface area contributed by atoms with Crippen LogP contribution < -0.4 is 5.32 Å². The fourth-order valence-corrected chi connectivity index (χ4v) is 1.55. The van der Waals surface area contributed by atoms with E-state index < -0.39 is 5.97 Å². The summed E-state index contributed by atoms with van der Waals surface area (Å²) < 4.78 is 5.27. The van der Waals surface area contributed by atoms with Crippen LogP contribution >= 0.6 is 0 Å². The highest BCUT2D eigenvalue weighted by Gasteiger charge is 2.08. The lowest BCUT2D eigenvalue weighted by Crippen LogP contribution is -2.18. The first-order valence-electron chi connectivity index (χ1n) is 5.62. The second-order valence-electron chi connectivity index (χ2n) is 3.96. The van der Waals surface area contributed by atoms with Gasteiger partial charge in [0.25, 0.3) is 0 Å². The van der Waals surface area contributed by atoms with Crippen LogP contribution in [0.2, 0.25) is 0 Å². The number of aromatic nitrogens is 1. The fraction of sp³-hybridized carbons (Fsp3) is 0.231. The Balaban J connectivity index is 1.92. The van der Waals surface area contributed by atoms with Gasteiger partial charge in [-0.1, -0.05) is 0 Å². The number of hydrogen-bond donors (Lipinski definition) is 2. The topological polar surface area (TPSA) is 75.4 Å². The van der Waals surface area contributed by atoms with Gasteiger partial charge in [-0.2, -0.15) is 0 Å². The molecule has 0 aromatic carbocycles. The molecule has 2 N–H and O–H groups in total. The number of nitrogens with zero attached hydrogens (tertiary/aromatic N) is 1. The quantitative estimate of drug-likeness (QED) is 0.846. The van der Waals surface area contributed by atoms with Gasteiger partial charge in [-0.3, -0.25) is 4.98 Å². The first-order chi connectivity index (χ1) is 8.66. The molecule has 0 aliphatic rings. The monoisotopic (exact) mass is 246 g/mol. The minimum absolute atomic E-state index is 0.0842. The maximum absolute atomic E-state index is 10.7. The Kier molecular flexibility index (Phi) is 3.74. The summed E-state index contributed by atoms with van der Waals surface area (Å²) in [6.07, 6.45) is 2.99. The Labute approximate surface area is 104 Å². The van der Waals surface area contributed by atoms with Crippen molar-refractivity contribution in [3.05, 3.63) is 53.7 Å². The zero-order valence-electron chi connectivity index (χ0n) is 9.96. The molecule has 0 aliphatic heterocycles. The summed E-state index contributed by atoms with van der Waals surface area (Å²) in [6.45, 7) is 2.55. The molecule has 0 aliphatic carbocycles. The van der Waals surface area contributed by atoms with Gasteiger partial charge in [0.2, 0.25) is 0 Å². The van der Waals surface area contributed by atoms with E-state index in [2.05, 4.69) is 10.3 Å². The second kappa shape index (κ2) is 5.46. The van der Waals surface area contributed by atoms with Crippen molar-refractivity contribution in [1.29, 1.82) is 0 Å². The summed E-state index contributed by atoms with van der Waals surface area (Å²) in [4.78, 5) is 14.7. The van der Waals surface area contributed by atoms with Crippen molar-refractivity contribution in [2.75, 3.05) is 0 Å². The van der Waals surface area contributed by atoms with Crippen LogP contribution in [0.25, 0.3) is 0 Å². The van der Waals surface area contributed by atoms with Gasteiger partial charge >= 0.3 is 5.97 Å². The van der Waals surface area contributed by atoms with Crippen LogP contribution in [0.1, 0.15) is 34.8 Å². The van der Waals surface area contributed by atoms with E-state index in [9.17, 15) is 4.79 Å². The number of rotatable bonds is 5. The van der Waals surface area contributed by atoms with Gasteiger partial charge in [0.05, 0.1) is 23.6 Å². The standard InChI is InChI=1S/C13H14N2O3/c1-9(12-3-2-6-18-12)14-8-11-5-4-10(7-15-11)13(16)17/h2-7,9,14H,8H2,1H3,(H,16,17)/t9-/m1/s1. The number of carbonyl (C=O) groups is 1. The molecule has 0 saturated carbocycles. The van der Waals surface area contributed by atoms with Crippen LogP contribution in [0, 0.1) is 0 Å². The first kappa shape index (κ1) is 12.3. The highest BCUT2D eigenvalue weighted by Crippen LogP contribution is 2.12.